The first kappa shape index (κ1) is 32.8. The molecule has 206 valence electrons. The van der Waals surface area contributed by atoms with Gasteiger partial charge in [-0.25, -0.2) is 0 Å². The molecule has 1 heterocycles. The van der Waals surface area contributed by atoms with Crippen molar-refractivity contribution >= 4 is 23.5 Å². The van der Waals surface area contributed by atoms with Crippen LogP contribution in [0, 0.1) is 18.3 Å². The quantitative estimate of drug-likeness (QED) is 0.229. The van der Waals surface area contributed by atoms with Crippen LogP contribution in [0.4, 0.5) is 0 Å². The Hall–Kier alpha value is -2.27. The van der Waals surface area contributed by atoms with E-state index in [1.807, 2.05) is 72.4 Å². The molecule has 2 unspecified atom stereocenters. The van der Waals surface area contributed by atoms with Crippen LogP contribution < -0.4 is 4.74 Å². The fourth-order valence-electron chi connectivity index (χ4n) is 4.31. The number of likely N-dealkylation sites (N-methyl/N-ethyl adjacent to an activating group) is 1. The summed E-state index contributed by atoms with van der Waals surface area (Å²) >= 11 is 1.87. The summed E-state index contributed by atoms with van der Waals surface area (Å²) in [4.78, 5) is 27.4. The normalized spacial score (nSPS) is 18.0. The van der Waals surface area contributed by atoms with Crippen LogP contribution in [0.3, 0.4) is 0 Å². The number of allylic oxidation sites excluding steroid dienone is 4. The SMILES string of the molecule is C/C=C\C1C=C(C(CC)(CC)c2ccc(OCC(=O)C(C)(C)C)c(C)c2)SC1/C=C/C(=O)N(C)C.CC. The number of hydrogen-bond acceptors (Lipinski definition) is 4. The molecule has 1 amide bonds. The second-order valence-corrected chi connectivity index (χ2v) is 11.8. The van der Waals surface area contributed by atoms with Gasteiger partial charge in [0, 0.05) is 42.2 Å². The Balaban J connectivity index is 0.00000334. The Kier molecular flexibility index (Phi) is 12.9. The topological polar surface area (TPSA) is 46.6 Å². The fraction of sp³-hybridized carbons (Fsp3) is 0.562. The third-order valence-electron chi connectivity index (χ3n) is 6.87. The maximum Gasteiger partial charge on any atom is 0.245 e. The van der Waals surface area contributed by atoms with Gasteiger partial charge < -0.3 is 9.64 Å². The van der Waals surface area contributed by atoms with Gasteiger partial charge >= 0.3 is 0 Å². The average Bonchev–Trinajstić information content (AvgIpc) is 3.26. The molecule has 0 aromatic heterocycles. The molecule has 5 heteroatoms. The lowest BCUT2D eigenvalue weighted by Gasteiger charge is -2.34. The molecule has 0 saturated heterocycles. The lowest BCUT2D eigenvalue weighted by molar-refractivity contribution is -0.128. The highest BCUT2D eigenvalue weighted by Crippen LogP contribution is 2.52. The predicted octanol–water partition coefficient (Wildman–Crippen LogP) is 7.91. The molecular weight excluding hydrogens is 478 g/mol. The number of ketones is 1. The van der Waals surface area contributed by atoms with E-state index in [0.29, 0.717) is 0 Å². The number of carbonyl (C=O) groups is 2. The molecule has 0 saturated carbocycles. The molecule has 0 N–H and O–H groups in total. The van der Waals surface area contributed by atoms with Crippen LogP contribution in [-0.4, -0.2) is 42.5 Å². The number of hydrogen-bond donors (Lipinski definition) is 0. The molecule has 4 nitrogen and oxygen atoms in total. The number of ether oxygens (including phenoxy) is 1. The highest BCUT2D eigenvalue weighted by Gasteiger charge is 2.39. The molecule has 37 heavy (non-hydrogen) atoms. The molecule has 0 bridgehead atoms. The van der Waals surface area contributed by atoms with Crippen LogP contribution in [0.5, 0.6) is 5.75 Å². The summed E-state index contributed by atoms with van der Waals surface area (Å²) in [5.74, 6) is 1.10. The molecule has 0 radical (unpaired) electrons. The van der Waals surface area contributed by atoms with Crippen LogP contribution >= 0.6 is 11.8 Å². The van der Waals surface area contributed by atoms with Crippen molar-refractivity contribution in [2.45, 2.75) is 85.8 Å². The molecule has 2 rings (SSSR count). The van der Waals surface area contributed by atoms with E-state index >= 15 is 0 Å². The van der Waals surface area contributed by atoms with E-state index < -0.39 is 5.41 Å². The smallest absolute Gasteiger partial charge is 0.245 e. The summed E-state index contributed by atoms with van der Waals surface area (Å²) in [6, 6.07) is 6.38. The number of carbonyl (C=O) groups excluding carboxylic acids is 2. The van der Waals surface area contributed by atoms with Gasteiger partial charge in [-0.2, -0.15) is 0 Å². The van der Waals surface area contributed by atoms with Gasteiger partial charge in [0.2, 0.25) is 5.91 Å². The largest absolute Gasteiger partial charge is 0.486 e. The average molecular weight is 528 g/mol. The van der Waals surface area contributed by atoms with Gasteiger partial charge in [0.05, 0.1) is 0 Å². The zero-order chi connectivity index (χ0) is 28.4. The van der Waals surface area contributed by atoms with Gasteiger partial charge in [-0.1, -0.05) is 84.9 Å². The van der Waals surface area contributed by atoms with Gasteiger partial charge in [-0.15, -0.1) is 11.8 Å². The van der Waals surface area contributed by atoms with Crippen molar-refractivity contribution in [2.75, 3.05) is 20.7 Å². The molecule has 0 spiro atoms. The summed E-state index contributed by atoms with van der Waals surface area (Å²) in [5.41, 5.74) is 1.78. The van der Waals surface area contributed by atoms with Gasteiger partial charge in [0.25, 0.3) is 0 Å². The van der Waals surface area contributed by atoms with Crippen LogP contribution in [0.15, 0.2) is 53.5 Å². The molecule has 1 aliphatic rings. The second kappa shape index (κ2) is 14.6. The zero-order valence-corrected chi connectivity index (χ0v) is 25.8. The Morgan fingerprint density at radius 3 is 2.19 bits per heavy atom. The van der Waals surface area contributed by atoms with E-state index in [1.54, 1.807) is 25.1 Å². The summed E-state index contributed by atoms with van der Waals surface area (Å²) < 4.78 is 5.90. The van der Waals surface area contributed by atoms with Crippen molar-refractivity contribution in [2.24, 2.45) is 11.3 Å². The standard InChI is InChI=1S/C30H43NO3S.C2H6/c1-10-13-22-19-27(35-25(22)16-17-28(33)31(8)9)30(11-2,12-3)23-14-15-24(21(4)18-23)34-20-26(32)29(5,6)7;1-2/h10,13-19,22,25H,11-12,20H2,1-9H3;1-2H3/b13-10-,17-16+;. The lowest BCUT2D eigenvalue weighted by atomic mass is 9.74. The van der Waals surface area contributed by atoms with Crippen LogP contribution in [0.2, 0.25) is 0 Å². The summed E-state index contributed by atoms with van der Waals surface area (Å²) in [5, 5.41) is 0.190. The van der Waals surface area contributed by atoms with Gasteiger partial charge in [0.1, 0.15) is 12.4 Å². The maximum absolute atomic E-state index is 12.3. The molecule has 1 aliphatic heterocycles. The van der Waals surface area contributed by atoms with Crippen LogP contribution in [0.25, 0.3) is 0 Å². The summed E-state index contributed by atoms with van der Waals surface area (Å²) in [6.45, 7) is 18.4. The first-order valence-electron chi connectivity index (χ1n) is 13.6. The number of aryl methyl sites for hydroxylation is 1. The van der Waals surface area contributed by atoms with Crippen molar-refractivity contribution in [3.63, 3.8) is 0 Å². The van der Waals surface area contributed by atoms with Crippen LogP contribution in [-0.2, 0) is 15.0 Å². The summed E-state index contributed by atoms with van der Waals surface area (Å²) in [6.07, 6.45) is 12.4. The van der Waals surface area contributed by atoms with E-state index in [9.17, 15) is 9.59 Å². The third kappa shape index (κ3) is 8.36. The molecule has 1 aromatic carbocycles. The zero-order valence-electron chi connectivity index (χ0n) is 25.0. The number of Topliss-reactive ketones (excluding diaryl/α,β-unsaturated/α-hetero) is 1. The van der Waals surface area contributed by atoms with E-state index in [4.69, 9.17) is 4.74 Å². The second-order valence-electron chi connectivity index (χ2n) is 10.5. The third-order valence-corrected chi connectivity index (χ3v) is 8.40. The minimum Gasteiger partial charge on any atom is -0.486 e. The van der Waals surface area contributed by atoms with Gasteiger partial charge in [0.15, 0.2) is 5.78 Å². The van der Waals surface area contributed by atoms with Crippen molar-refractivity contribution < 1.29 is 14.3 Å². The van der Waals surface area contributed by atoms with E-state index in [0.717, 1.165) is 24.2 Å². The van der Waals surface area contributed by atoms with E-state index in [1.165, 1.54) is 10.5 Å². The number of amides is 1. The minimum absolute atomic E-state index is 0.00619. The lowest BCUT2D eigenvalue weighted by Crippen LogP contribution is -2.27. The molecule has 0 fully saturated rings. The van der Waals surface area contributed by atoms with Crippen LogP contribution in [0.1, 0.15) is 79.4 Å². The van der Waals surface area contributed by atoms with Crippen molar-refractivity contribution in [3.8, 4) is 5.75 Å². The minimum atomic E-state index is -0.411. The fourth-order valence-corrected chi connectivity index (χ4v) is 5.95. The van der Waals surface area contributed by atoms with Crippen molar-refractivity contribution in [1.29, 1.82) is 0 Å². The maximum atomic E-state index is 12.3. The van der Waals surface area contributed by atoms with E-state index in [-0.39, 0.29) is 34.9 Å². The highest BCUT2D eigenvalue weighted by molar-refractivity contribution is 8.04. The first-order chi connectivity index (χ1) is 17.4. The monoisotopic (exact) mass is 527 g/mol. The van der Waals surface area contributed by atoms with E-state index in [2.05, 4.69) is 44.2 Å². The van der Waals surface area contributed by atoms with Crippen molar-refractivity contribution in [3.05, 3.63) is 64.6 Å². The Morgan fingerprint density at radius 1 is 1.08 bits per heavy atom. The summed E-state index contributed by atoms with van der Waals surface area (Å²) in [7, 11) is 3.55. The molecule has 1 aromatic rings. The first-order valence-corrected chi connectivity index (χ1v) is 14.5. The number of rotatable bonds is 10. The van der Waals surface area contributed by atoms with Gasteiger partial charge in [-0.05, 0) is 48.8 Å². The molecule has 2 atom stereocenters. The van der Waals surface area contributed by atoms with Crippen molar-refractivity contribution in [1.82, 2.24) is 4.90 Å². The Labute approximate surface area is 230 Å². The molecule has 0 aliphatic carbocycles. The number of thioether (sulfide) groups is 1. The number of benzene rings is 1. The number of nitrogens with zero attached hydrogens (tertiary/aromatic N) is 1. The predicted molar refractivity (Wildman–Crippen MR) is 160 cm³/mol. The molecular formula is C32H49NO3S. The highest BCUT2D eigenvalue weighted by atomic mass is 32.2. The Morgan fingerprint density at radius 2 is 1.70 bits per heavy atom. The van der Waals surface area contributed by atoms with Gasteiger partial charge in [-0.3, -0.25) is 9.59 Å². The Bertz CT molecular complexity index is 994.